The molecule has 0 radical (unpaired) electrons. The van der Waals surface area contributed by atoms with Crippen LogP contribution in [0.1, 0.15) is 27.2 Å². The number of carbonyl (C=O) groups is 1. The Morgan fingerprint density at radius 3 is 2.46 bits per heavy atom. The van der Waals surface area contributed by atoms with Gasteiger partial charge in [0.05, 0.1) is 0 Å². The van der Waals surface area contributed by atoms with E-state index in [0.717, 1.165) is 55.8 Å². The molecule has 2 aromatic heterocycles. The van der Waals surface area contributed by atoms with Gasteiger partial charge in [-0.3, -0.25) is 0 Å². The highest BCUT2D eigenvalue weighted by Crippen LogP contribution is 2.25. The standard InChI is InChI=1S/C16H25N7.C2H4O/c1-4-19-16-21-11-14(13-9-17-12-18-10-13)15(22-16)20-7-6-8-23(3)5-2;1-2-3/h9-12H,4-8H2,1-3H3,(H2,19,20,21,22);2H,1H3. The van der Waals surface area contributed by atoms with Crippen LogP contribution in [0.15, 0.2) is 24.9 Å². The van der Waals surface area contributed by atoms with Crippen LogP contribution in [0.25, 0.3) is 11.1 Å². The van der Waals surface area contributed by atoms with Crippen molar-refractivity contribution in [2.24, 2.45) is 0 Å². The van der Waals surface area contributed by atoms with E-state index >= 15 is 0 Å². The fraction of sp³-hybridized carbons (Fsp3) is 0.500. The van der Waals surface area contributed by atoms with Crippen molar-refractivity contribution in [1.82, 2.24) is 24.8 Å². The van der Waals surface area contributed by atoms with Crippen LogP contribution < -0.4 is 10.6 Å². The Bertz CT molecular complexity index is 637. The van der Waals surface area contributed by atoms with E-state index in [1.165, 1.54) is 13.3 Å². The van der Waals surface area contributed by atoms with Gasteiger partial charge in [0, 0.05) is 42.8 Å². The first-order chi connectivity index (χ1) is 12.7. The Morgan fingerprint density at radius 1 is 1.15 bits per heavy atom. The molecule has 0 aliphatic heterocycles. The summed E-state index contributed by atoms with van der Waals surface area (Å²) in [6.45, 7) is 9.38. The predicted octanol–water partition coefficient (Wildman–Crippen LogP) is 2.32. The lowest BCUT2D eigenvalue weighted by molar-refractivity contribution is -0.106. The highest BCUT2D eigenvalue weighted by atomic mass is 16.1. The summed E-state index contributed by atoms with van der Waals surface area (Å²) < 4.78 is 0. The number of hydrogen-bond acceptors (Lipinski definition) is 8. The van der Waals surface area contributed by atoms with Gasteiger partial charge in [-0.1, -0.05) is 6.92 Å². The summed E-state index contributed by atoms with van der Waals surface area (Å²) in [6, 6.07) is 0. The van der Waals surface area contributed by atoms with Crippen molar-refractivity contribution in [2.45, 2.75) is 27.2 Å². The molecule has 0 unspecified atom stereocenters. The topological polar surface area (TPSA) is 95.9 Å². The molecule has 0 amide bonds. The van der Waals surface area contributed by atoms with Crippen LogP contribution in [0.2, 0.25) is 0 Å². The first kappa shape index (κ1) is 21.4. The zero-order valence-corrected chi connectivity index (χ0v) is 16.1. The summed E-state index contributed by atoms with van der Waals surface area (Å²) in [4.78, 5) is 28.2. The van der Waals surface area contributed by atoms with Gasteiger partial charge in [-0.15, -0.1) is 0 Å². The minimum atomic E-state index is 0.626. The van der Waals surface area contributed by atoms with Crippen molar-refractivity contribution in [3.8, 4) is 11.1 Å². The molecule has 8 heteroatoms. The van der Waals surface area contributed by atoms with Gasteiger partial charge in [-0.05, 0) is 40.4 Å². The number of rotatable bonds is 9. The second-order valence-corrected chi connectivity index (χ2v) is 5.53. The molecule has 2 N–H and O–H groups in total. The number of aldehydes is 1. The number of anilines is 2. The summed E-state index contributed by atoms with van der Waals surface area (Å²) >= 11 is 0. The van der Waals surface area contributed by atoms with Crippen LogP contribution in [0.4, 0.5) is 11.8 Å². The fourth-order valence-electron chi connectivity index (χ4n) is 2.12. The van der Waals surface area contributed by atoms with E-state index < -0.39 is 0 Å². The maximum absolute atomic E-state index is 8.81. The summed E-state index contributed by atoms with van der Waals surface area (Å²) in [7, 11) is 2.13. The average Bonchev–Trinajstić information content (AvgIpc) is 2.67. The van der Waals surface area contributed by atoms with Gasteiger partial charge in [0.15, 0.2) is 0 Å². The first-order valence-corrected chi connectivity index (χ1v) is 8.84. The number of carbonyl (C=O) groups excluding carboxylic acids is 1. The zero-order chi connectivity index (χ0) is 19.2. The quantitative estimate of drug-likeness (QED) is 0.520. The third-order valence-corrected chi connectivity index (χ3v) is 3.54. The van der Waals surface area contributed by atoms with Crippen LogP contribution in [0.3, 0.4) is 0 Å². The molecular formula is C18H29N7O. The third kappa shape index (κ3) is 7.52. The number of nitrogens with one attached hydrogen (secondary N) is 2. The largest absolute Gasteiger partial charge is 0.369 e. The van der Waals surface area contributed by atoms with Crippen molar-refractivity contribution in [1.29, 1.82) is 0 Å². The molecule has 26 heavy (non-hydrogen) atoms. The van der Waals surface area contributed by atoms with Crippen LogP contribution in [-0.2, 0) is 4.79 Å². The van der Waals surface area contributed by atoms with Gasteiger partial charge in [0.2, 0.25) is 5.95 Å². The molecule has 2 heterocycles. The maximum atomic E-state index is 8.81. The molecule has 0 fully saturated rings. The molecule has 0 bridgehead atoms. The van der Waals surface area contributed by atoms with E-state index in [0.29, 0.717) is 5.95 Å². The third-order valence-electron chi connectivity index (χ3n) is 3.54. The van der Waals surface area contributed by atoms with E-state index in [1.54, 1.807) is 12.4 Å². The van der Waals surface area contributed by atoms with E-state index in [2.05, 4.69) is 49.4 Å². The lowest BCUT2D eigenvalue weighted by Gasteiger charge is -2.15. The highest BCUT2D eigenvalue weighted by molar-refractivity contribution is 5.74. The fourth-order valence-corrected chi connectivity index (χ4v) is 2.12. The normalized spacial score (nSPS) is 10.0. The second kappa shape index (κ2) is 12.7. The minimum absolute atomic E-state index is 0.626. The number of hydrogen-bond donors (Lipinski definition) is 2. The van der Waals surface area contributed by atoms with Crippen LogP contribution in [0.5, 0.6) is 0 Å². The van der Waals surface area contributed by atoms with Crippen molar-refractivity contribution >= 4 is 18.1 Å². The summed E-state index contributed by atoms with van der Waals surface area (Å²) in [5, 5.41) is 6.56. The summed E-state index contributed by atoms with van der Waals surface area (Å²) in [6.07, 6.45) is 8.67. The molecule has 0 aliphatic rings. The minimum Gasteiger partial charge on any atom is -0.369 e. The Kier molecular flexibility index (Phi) is 10.5. The second-order valence-electron chi connectivity index (χ2n) is 5.53. The summed E-state index contributed by atoms with van der Waals surface area (Å²) in [5.41, 5.74) is 1.82. The Hall–Kier alpha value is -2.61. The van der Waals surface area contributed by atoms with Crippen molar-refractivity contribution in [3.63, 3.8) is 0 Å². The molecule has 0 spiro atoms. The molecular weight excluding hydrogens is 330 g/mol. The van der Waals surface area contributed by atoms with Gasteiger partial charge in [0.25, 0.3) is 0 Å². The Morgan fingerprint density at radius 2 is 1.85 bits per heavy atom. The van der Waals surface area contributed by atoms with Crippen molar-refractivity contribution < 1.29 is 4.79 Å². The SMILES string of the molecule is CC=O.CCNc1ncc(-c2cncnc2)c(NCCCN(C)CC)n1. The molecule has 8 nitrogen and oxygen atoms in total. The predicted molar refractivity (Wildman–Crippen MR) is 105 cm³/mol. The molecule has 0 saturated carbocycles. The van der Waals surface area contributed by atoms with Gasteiger partial charge in [-0.25, -0.2) is 15.0 Å². The lowest BCUT2D eigenvalue weighted by atomic mass is 10.1. The zero-order valence-electron chi connectivity index (χ0n) is 16.1. The van der Waals surface area contributed by atoms with E-state index in [-0.39, 0.29) is 0 Å². The Balaban J connectivity index is 0.00000105. The highest BCUT2D eigenvalue weighted by Gasteiger charge is 2.09. The van der Waals surface area contributed by atoms with E-state index in [1.807, 2.05) is 13.1 Å². The van der Waals surface area contributed by atoms with Crippen molar-refractivity contribution in [3.05, 3.63) is 24.9 Å². The molecule has 2 rings (SSSR count). The summed E-state index contributed by atoms with van der Waals surface area (Å²) in [5.74, 6) is 1.44. The van der Waals surface area contributed by atoms with Gasteiger partial charge in [0.1, 0.15) is 18.4 Å². The first-order valence-electron chi connectivity index (χ1n) is 8.84. The molecule has 0 aliphatic carbocycles. The van der Waals surface area contributed by atoms with Crippen LogP contribution in [-0.4, -0.2) is 64.3 Å². The molecule has 2 aromatic rings. The number of nitrogens with zero attached hydrogens (tertiary/aromatic N) is 5. The van der Waals surface area contributed by atoms with E-state index in [9.17, 15) is 0 Å². The van der Waals surface area contributed by atoms with Gasteiger partial charge < -0.3 is 20.3 Å². The average molecular weight is 359 g/mol. The van der Waals surface area contributed by atoms with Crippen LogP contribution in [0, 0.1) is 0 Å². The van der Waals surface area contributed by atoms with Crippen LogP contribution >= 0.6 is 0 Å². The maximum Gasteiger partial charge on any atom is 0.224 e. The van der Waals surface area contributed by atoms with Gasteiger partial charge >= 0.3 is 0 Å². The monoisotopic (exact) mass is 359 g/mol. The van der Waals surface area contributed by atoms with Gasteiger partial charge in [-0.2, -0.15) is 4.98 Å². The smallest absolute Gasteiger partial charge is 0.224 e. The molecule has 0 atom stereocenters. The lowest BCUT2D eigenvalue weighted by Crippen LogP contribution is -2.21. The molecule has 0 saturated heterocycles. The Labute approximate surface area is 155 Å². The molecule has 142 valence electrons. The molecule has 0 aromatic carbocycles. The van der Waals surface area contributed by atoms with Crippen molar-refractivity contribution in [2.75, 3.05) is 43.9 Å². The number of aromatic nitrogens is 4. The van der Waals surface area contributed by atoms with E-state index in [4.69, 9.17) is 4.79 Å².